The molecule has 0 aromatic heterocycles. The molecule has 1 aromatic rings. The first-order valence-electron chi connectivity index (χ1n) is 7.80. The summed E-state index contributed by atoms with van der Waals surface area (Å²) in [5.74, 6) is -0.145. The maximum absolute atomic E-state index is 12.1. The lowest BCUT2D eigenvalue weighted by molar-refractivity contribution is 0.116. The molecule has 1 saturated carbocycles. The van der Waals surface area contributed by atoms with Crippen molar-refractivity contribution in [2.75, 3.05) is 5.75 Å². The monoisotopic (exact) mass is 359 g/mol. The zero-order valence-corrected chi connectivity index (χ0v) is 14.5. The summed E-state index contributed by atoms with van der Waals surface area (Å²) in [6, 6.07) is 9.41. The van der Waals surface area contributed by atoms with Crippen LogP contribution in [0.1, 0.15) is 44.1 Å². The van der Waals surface area contributed by atoms with E-state index >= 15 is 0 Å². The van der Waals surface area contributed by atoms with Gasteiger partial charge in [-0.05, 0) is 24.8 Å². The number of nitrogens with one attached hydrogen (secondary N) is 1. The highest BCUT2D eigenvalue weighted by molar-refractivity contribution is 8.13. The van der Waals surface area contributed by atoms with Gasteiger partial charge in [0.15, 0.2) is 0 Å². The number of amides is 1. The number of ether oxygens (including phenoxy) is 1. The van der Waals surface area contributed by atoms with Crippen LogP contribution in [0.3, 0.4) is 0 Å². The largest absolute Gasteiger partial charge is 0.445 e. The van der Waals surface area contributed by atoms with Gasteiger partial charge in [0.05, 0.1) is 5.75 Å². The van der Waals surface area contributed by atoms with Crippen LogP contribution in [0.25, 0.3) is 0 Å². The molecule has 1 aromatic carbocycles. The standard InChI is InChI=1S/C16H22ClNO4S/c17-23(20,21)12-11-16(9-5-2-6-10-16)18-15(19)22-13-14-7-3-1-4-8-14/h1,3-4,7-8H,2,5-6,9-13H2,(H,18,19). The average molecular weight is 360 g/mol. The van der Waals surface area contributed by atoms with Gasteiger partial charge in [0, 0.05) is 16.2 Å². The number of carbonyl (C=O) groups is 1. The van der Waals surface area contributed by atoms with Crippen LogP contribution in [0, 0.1) is 0 Å². The SMILES string of the molecule is O=C(NC1(CCS(=O)(=O)Cl)CCCCC1)OCc1ccccc1. The molecule has 1 amide bonds. The number of carbonyl (C=O) groups excluding carboxylic acids is 1. The zero-order valence-electron chi connectivity index (χ0n) is 13.0. The van der Waals surface area contributed by atoms with E-state index in [1.54, 1.807) is 0 Å². The van der Waals surface area contributed by atoms with Crippen LogP contribution in [0.5, 0.6) is 0 Å². The van der Waals surface area contributed by atoms with Crippen LogP contribution in [-0.4, -0.2) is 25.8 Å². The molecule has 0 atom stereocenters. The Hall–Kier alpha value is -1.27. The van der Waals surface area contributed by atoms with Gasteiger partial charge in [0.2, 0.25) is 9.05 Å². The Morgan fingerprint density at radius 2 is 1.83 bits per heavy atom. The fourth-order valence-electron chi connectivity index (χ4n) is 2.96. The van der Waals surface area contributed by atoms with Gasteiger partial charge >= 0.3 is 6.09 Å². The fourth-order valence-corrected chi connectivity index (χ4v) is 3.83. The first kappa shape index (κ1) is 18.1. The second-order valence-corrected chi connectivity index (χ2v) is 8.92. The molecular weight excluding hydrogens is 338 g/mol. The minimum atomic E-state index is -3.57. The van der Waals surface area contributed by atoms with Crippen LogP contribution in [-0.2, 0) is 20.4 Å². The number of rotatable bonds is 6. The third kappa shape index (κ3) is 6.39. The molecule has 7 heteroatoms. The summed E-state index contributed by atoms with van der Waals surface area (Å²) >= 11 is 0. The summed E-state index contributed by atoms with van der Waals surface area (Å²) < 4.78 is 27.7. The predicted octanol–water partition coefficient (Wildman–Crippen LogP) is 3.57. The molecule has 128 valence electrons. The normalized spacial score (nSPS) is 17.4. The third-order valence-corrected chi connectivity index (χ3v) is 5.37. The van der Waals surface area contributed by atoms with E-state index in [0.29, 0.717) is 6.42 Å². The number of alkyl carbamates (subject to hydrolysis) is 1. The molecule has 0 heterocycles. The van der Waals surface area contributed by atoms with Gasteiger partial charge < -0.3 is 10.1 Å². The quantitative estimate of drug-likeness (QED) is 0.788. The van der Waals surface area contributed by atoms with Gasteiger partial charge in [-0.1, -0.05) is 49.6 Å². The van der Waals surface area contributed by atoms with Crippen LogP contribution < -0.4 is 5.32 Å². The van der Waals surface area contributed by atoms with Crippen LogP contribution in [0.2, 0.25) is 0 Å². The summed E-state index contributed by atoms with van der Waals surface area (Å²) in [7, 11) is 1.75. The Balaban J connectivity index is 1.92. The molecule has 2 rings (SSSR count). The summed E-state index contributed by atoms with van der Waals surface area (Å²) in [6.07, 6.45) is 4.32. The van der Waals surface area contributed by atoms with E-state index in [2.05, 4.69) is 5.32 Å². The lowest BCUT2D eigenvalue weighted by atomic mass is 9.80. The Morgan fingerprint density at radius 3 is 2.43 bits per heavy atom. The smallest absolute Gasteiger partial charge is 0.407 e. The Morgan fingerprint density at radius 1 is 1.17 bits per heavy atom. The van der Waals surface area contributed by atoms with Crippen molar-refractivity contribution < 1.29 is 17.9 Å². The first-order valence-corrected chi connectivity index (χ1v) is 10.3. The molecule has 0 aliphatic heterocycles. The van der Waals surface area contributed by atoms with E-state index in [-0.39, 0.29) is 12.4 Å². The molecule has 1 aliphatic rings. The van der Waals surface area contributed by atoms with Crippen molar-refractivity contribution in [1.29, 1.82) is 0 Å². The van der Waals surface area contributed by atoms with Crippen molar-refractivity contribution in [2.45, 2.75) is 50.7 Å². The van der Waals surface area contributed by atoms with E-state index < -0.39 is 20.7 Å². The third-order valence-electron chi connectivity index (χ3n) is 4.22. The van der Waals surface area contributed by atoms with Crippen molar-refractivity contribution in [3.63, 3.8) is 0 Å². The summed E-state index contributed by atoms with van der Waals surface area (Å²) in [6.45, 7) is 0.191. The summed E-state index contributed by atoms with van der Waals surface area (Å²) in [5.41, 5.74) is 0.372. The fraction of sp³-hybridized carbons (Fsp3) is 0.562. The van der Waals surface area contributed by atoms with E-state index in [9.17, 15) is 13.2 Å². The number of hydrogen-bond acceptors (Lipinski definition) is 4. The molecule has 0 spiro atoms. The summed E-state index contributed by atoms with van der Waals surface area (Å²) in [4.78, 5) is 12.1. The van der Waals surface area contributed by atoms with Crippen LogP contribution in [0.15, 0.2) is 30.3 Å². The van der Waals surface area contributed by atoms with E-state index in [1.165, 1.54) is 0 Å². The first-order chi connectivity index (χ1) is 10.9. The number of halogens is 1. The van der Waals surface area contributed by atoms with Crippen LogP contribution in [0.4, 0.5) is 4.79 Å². The van der Waals surface area contributed by atoms with E-state index in [1.807, 2.05) is 30.3 Å². The zero-order chi connectivity index (χ0) is 16.8. The van der Waals surface area contributed by atoms with Crippen molar-refractivity contribution in [2.24, 2.45) is 0 Å². The molecule has 5 nitrogen and oxygen atoms in total. The van der Waals surface area contributed by atoms with Gasteiger partial charge in [0.1, 0.15) is 6.61 Å². The second-order valence-electron chi connectivity index (χ2n) is 6.02. The van der Waals surface area contributed by atoms with Gasteiger partial charge in [-0.2, -0.15) is 0 Å². The molecule has 1 N–H and O–H groups in total. The maximum Gasteiger partial charge on any atom is 0.407 e. The molecule has 0 saturated heterocycles. The van der Waals surface area contributed by atoms with Crippen molar-refractivity contribution in [3.05, 3.63) is 35.9 Å². The Bertz CT molecular complexity index is 612. The summed E-state index contributed by atoms with van der Waals surface area (Å²) in [5, 5.41) is 2.89. The lowest BCUT2D eigenvalue weighted by Crippen LogP contribution is -2.50. The highest BCUT2D eigenvalue weighted by atomic mass is 35.7. The van der Waals surface area contributed by atoms with Crippen LogP contribution >= 0.6 is 10.7 Å². The van der Waals surface area contributed by atoms with Gasteiger partial charge in [-0.15, -0.1) is 0 Å². The second kappa shape index (κ2) is 8.02. The molecule has 0 bridgehead atoms. The van der Waals surface area contributed by atoms with Gasteiger partial charge in [-0.3, -0.25) is 0 Å². The van der Waals surface area contributed by atoms with Gasteiger partial charge in [-0.25, -0.2) is 13.2 Å². The van der Waals surface area contributed by atoms with E-state index in [0.717, 1.165) is 37.7 Å². The Kier molecular flexibility index (Phi) is 6.30. The molecule has 0 unspecified atom stereocenters. The predicted molar refractivity (Wildman–Crippen MR) is 89.8 cm³/mol. The van der Waals surface area contributed by atoms with Crippen molar-refractivity contribution >= 4 is 25.8 Å². The number of benzene rings is 1. The topological polar surface area (TPSA) is 72.5 Å². The molecule has 1 aliphatic carbocycles. The minimum Gasteiger partial charge on any atom is -0.445 e. The van der Waals surface area contributed by atoms with Crippen molar-refractivity contribution in [3.8, 4) is 0 Å². The average Bonchev–Trinajstić information content (AvgIpc) is 2.52. The van der Waals surface area contributed by atoms with Crippen molar-refractivity contribution in [1.82, 2.24) is 5.32 Å². The maximum atomic E-state index is 12.1. The lowest BCUT2D eigenvalue weighted by Gasteiger charge is -2.37. The highest BCUT2D eigenvalue weighted by Crippen LogP contribution is 2.32. The highest BCUT2D eigenvalue weighted by Gasteiger charge is 2.35. The minimum absolute atomic E-state index is 0.145. The molecule has 1 fully saturated rings. The van der Waals surface area contributed by atoms with E-state index in [4.69, 9.17) is 15.4 Å². The Labute approximate surface area is 141 Å². The molecular formula is C16H22ClNO4S. The van der Waals surface area contributed by atoms with Gasteiger partial charge in [0.25, 0.3) is 0 Å². The molecule has 0 radical (unpaired) electrons. The molecule has 23 heavy (non-hydrogen) atoms. The number of hydrogen-bond donors (Lipinski definition) is 1.